The number of nitrogens with one attached hydrogen (secondary N) is 1. The molecule has 2 aromatic rings. The van der Waals surface area contributed by atoms with E-state index >= 15 is 0 Å². The van der Waals surface area contributed by atoms with Crippen molar-refractivity contribution in [3.05, 3.63) is 51.8 Å². The Balaban J connectivity index is 2.34. The molecule has 0 saturated heterocycles. The van der Waals surface area contributed by atoms with Gasteiger partial charge in [0.15, 0.2) is 0 Å². The minimum absolute atomic E-state index is 0.0817. The number of nitrogens with zero attached hydrogens (tertiary/aromatic N) is 1. The molecule has 0 radical (unpaired) electrons. The Hall–Kier alpha value is -1.55. The van der Waals surface area contributed by atoms with E-state index in [4.69, 9.17) is 0 Å². The Bertz CT molecular complexity index is 624. The fraction of sp³-hybridized carbons (Fsp3) is 0.312. The second-order valence-electron chi connectivity index (χ2n) is 5.27. The van der Waals surface area contributed by atoms with Crippen LogP contribution >= 0.6 is 15.9 Å². The first-order chi connectivity index (χ1) is 9.40. The number of aryl methyl sites for hydroxylation is 2. The van der Waals surface area contributed by atoms with E-state index in [2.05, 4.69) is 35.1 Å². The van der Waals surface area contributed by atoms with E-state index in [0.717, 1.165) is 21.3 Å². The first-order valence-electron chi connectivity index (χ1n) is 6.65. The van der Waals surface area contributed by atoms with Crippen LogP contribution in [0, 0.1) is 13.8 Å². The van der Waals surface area contributed by atoms with Gasteiger partial charge in [-0.1, -0.05) is 18.2 Å². The van der Waals surface area contributed by atoms with Gasteiger partial charge >= 0.3 is 0 Å². The van der Waals surface area contributed by atoms with Crippen molar-refractivity contribution in [2.75, 3.05) is 5.32 Å². The molecule has 0 unspecified atom stereocenters. The molecule has 2 rings (SSSR count). The topological polar surface area (TPSA) is 34.0 Å². The highest BCUT2D eigenvalue weighted by Crippen LogP contribution is 2.23. The van der Waals surface area contributed by atoms with Gasteiger partial charge in [0.1, 0.15) is 5.69 Å². The first kappa shape index (κ1) is 14.9. The van der Waals surface area contributed by atoms with E-state index in [9.17, 15) is 4.79 Å². The van der Waals surface area contributed by atoms with Gasteiger partial charge < -0.3 is 9.88 Å². The number of para-hydroxylation sites is 1. The Morgan fingerprint density at radius 1 is 1.25 bits per heavy atom. The molecule has 0 bridgehead atoms. The lowest BCUT2D eigenvalue weighted by molar-refractivity contribution is 0.101. The van der Waals surface area contributed by atoms with Gasteiger partial charge in [0.25, 0.3) is 5.91 Å². The van der Waals surface area contributed by atoms with E-state index in [1.165, 1.54) is 0 Å². The summed E-state index contributed by atoms with van der Waals surface area (Å²) in [5.74, 6) is -0.0817. The Labute approximate surface area is 128 Å². The smallest absolute Gasteiger partial charge is 0.272 e. The fourth-order valence-corrected chi connectivity index (χ4v) is 2.68. The lowest BCUT2D eigenvalue weighted by Crippen LogP contribution is -2.18. The molecule has 0 aliphatic heterocycles. The number of aromatic nitrogens is 1. The molecule has 20 heavy (non-hydrogen) atoms. The Kier molecular flexibility index (Phi) is 4.33. The third-order valence-corrected chi connectivity index (χ3v) is 3.76. The Morgan fingerprint density at radius 3 is 2.40 bits per heavy atom. The van der Waals surface area contributed by atoms with Crippen molar-refractivity contribution in [1.29, 1.82) is 0 Å². The van der Waals surface area contributed by atoms with Gasteiger partial charge in [0, 0.05) is 22.4 Å². The molecular weight excluding hydrogens is 316 g/mol. The van der Waals surface area contributed by atoms with E-state index in [1.54, 1.807) is 0 Å². The van der Waals surface area contributed by atoms with Gasteiger partial charge in [-0.2, -0.15) is 0 Å². The highest BCUT2D eigenvalue weighted by molar-refractivity contribution is 9.10. The van der Waals surface area contributed by atoms with Crippen LogP contribution in [-0.2, 0) is 0 Å². The Morgan fingerprint density at radius 2 is 1.85 bits per heavy atom. The van der Waals surface area contributed by atoms with E-state index < -0.39 is 0 Å². The van der Waals surface area contributed by atoms with Crippen LogP contribution in [0.5, 0.6) is 0 Å². The first-order valence-corrected chi connectivity index (χ1v) is 7.44. The second kappa shape index (κ2) is 5.83. The third-order valence-electron chi connectivity index (χ3n) is 3.32. The molecule has 106 valence electrons. The number of hydrogen-bond donors (Lipinski definition) is 1. The minimum Gasteiger partial charge on any atom is -0.340 e. The van der Waals surface area contributed by atoms with Crippen LogP contribution in [0.25, 0.3) is 0 Å². The van der Waals surface area contributed by atoms with Gasteiger partial charge in [-0.05, 0) is 60.8 Å². The van der Waals surface area contributed by atoms with Crippen LogP contribution in [0.15, 0.2) is 34.9 Å². The zero-order valence-corrected chi connectivity index (χ0v) is 13.8. The fourth-order valence-electron chi connectivity index (χ4n) is 2.24. The quantitative estimate of drug-likeness (QED) is 0.867. The van der Waals surface area contributed by atoms with Crippen LogP contribution in [0.1, 0.15) is 41.5 Å². The summed E-state index contributed by atoms with van der Waals surface area (Å²) in [5, 5.41) is 3.02. The summed E-state index contributed by atoms with van der Waals surface area (Å²) in [5.41, 5.74) is 3.69. The number of benzene rings is 1. The third kappa shape index (κ3) is 2.96. The average molecular weight is 335 g/mol. The van der Waals surface area contributed by atoms with Crippen molar-refractivity contribution in [3.8, 4) is 0 Å². The highest BCUT2D eigenvalue weighted by Gasteiger charge is 2.16. The molecule has 0 saturated carbocycles. The van der Waals surface area contributed by atoms with Crippen molar-refractivity contribution in [3.63, 3.8) is 0 Å². The van der Waals surface area contributed by atoms with Crippen LogP contribution < -0.4 is 5.32 Å². The van der Waals surface area contributed by atoms with Gasteiger partial charge in [-0.25, -0.2) is 0 Å². The molecule has 0 aliphatic carbocycles. The predicted octanol–water partition coefficient (Wildman–Crippen LogP) is 4.70. The van der Waals surface area contributed by atoms with Crippen LogP contribution in [0.3, 0.4) is 0 Å². The largest absolute Gasteiger partial charge is 0.340 e. The lowest BCUT2D eigenvalue weighted by atomic mass is 10.1. The van der Waals surface area contributed by atoms with Crippen molar-refractivity contribution in [2.24, 2.45) is 0 Å². The number of carbonyl (C=O) groups is 1. The highest BCUT2D eigenvalue weighted by atomic mass is 79.9. The molecule has 0 aliphatic rings. The van der Waals surface area contributed by atoms with E-state index in [1.807, 2.05) is 48.9 Å². The number of amides is 1. The molecule has 0 spiro atoms. The standard InChI is InChI=1S/C16H19BrN2O/c1-10(2)19-9-13(17)8-14(19)16(20)18-15-11(3)6-5-7-12(15)4/h5-10H,1-4H3,(H,18,20). The van der Waals surface area contributed by atoms with E-state index in [0.29, 0.717) is 5.69 Å². The molecular formula is C16H19BrN2O. The van der Waals surface area contributed by atoms with Crippen molar-refractivity contribution in [1.82, 2.24) is 4.57 Å². The zero-order chi connectivity index (χ0) is 14.9. The molecule has 1 heterocycles. The average Bonchev–Trinajstić information content (AvgIpc) is 2.76. The van der Waals surface area contributed by atoms with E-state index in [-0.39, 0.29) is 11.9 Å². The molecule has 1 aromatic carbocycles. The van der Waals surface area contributed by atoms with Crippen molar-refractivity contribution >= 4 is 27.5 Å². The van der Waals surface area contributed by atoms with Crippen molar-refractivity contribution < 1.29 is 4.79 Å². The van der Waals surface area contributed by atoms with Gasteiger partial charge in [-0.15, -0.1) is 0 Å². The lowest BCUT2D eigenvalue weighted by Gasteiger charge is -2.15. The zero-order valence-electron chi connectivity index (χ0n) is 12.2. The summed E-state index contributed by atoms with van der Waals surface area (Å²) in [4.78, 5) is 12.5. The molecule has 4 heteroatoms. The monoisotopic (exact) mass is 334 g/mol. The predicted molar refractivity (Wildman–Crippen MR) is 86.4 cm³/mol. The molecule has 1 N–H and O–H groups in total. The second-order valence-corrected chi connectivity index (χ2v) is 6.18. The van der Waals surface area contributed by atoms with Crippen LogP contribution in [-0.4, -0.2) is 10.5 Å². The summed E-state index contributed by atoms with van der Waals surface area (Å²) in [6.45, 7) is 8.12. The van der Waals surface area contributed by atoms with Crippen LogP contribution in [0.2, 0.25) is 0 Å². The number of hydrogen-bond acceptors (Lipinski definition) is 1. The molecule has 0 fully saturated rings. The molecule has 1 aromatic heterocycles. The summed E-state index contributed by atoms with van der Waals surface area (Å²) in [6, 6.07) is 8.08. The molecule has 1 amide bonds. The number of halogens is 1. The normalized spacial score (nSPS) is 10.9. The van der Waals surface area contributed by atoms with Gasteiger partial charge in [0.2, 0.25) is 0 Å². The summed E-state index contributed by atoms with van der Waals surface area (Å²) in [6.07, 6.45) is 1.93. The van der Waals surface area contributed by atoms with Crippen LogP contribution in [0.4, 0.5) is 5.69 Å². The summed E-state index contributed by atoms with van der Waals surface area (Å²) in [7, 11) is 0. The summed E-state index contributed by atoms with van der Waals surface area (Å²) >= 11 is 3.43. The molecule has 0 atom stereocenters. The molecule has 3 nitrogen and oxygen atoms in total. The number of anilines is 1. The van der Waals surface area contributed by atoms with Crippen molar-refractivity contribution in [2.45, 2.75) is 33.7 Å². The van der Waals surface area contributed by atoms with Gasteiger partial charge in [0.05, 0.1) is 0 Å². The van der Waals surface area contributed by atoms with Gasteiger partial charge in [-0.3, -0.25) is 4.79 Å². The maximum absolute atomic E-state index is 12.5. The maximum atomic E-state index is 12.5. The SMILES string of the molecule is Cc1cccc(C)c1NC(=O)c1cc(Br)cn1C(C)C. The summed E-state index contributed by atoms with van der Waals surface area (Å²) < 4.78 is 2.88. The number of carbonyl (C=O) groups excluding carboxylic acids is 1. The number of rotatable bonds is 3. The minimum atomic E-state index is -0.0817. The maximum Gasteiger partial charge on any atom is 0.272 e.